The van der Waals surface area contributed by atoms with Crippen LogP contribution in [0.15, 0.2) is 12.1 Å². The van der Waals surface area contributed by atoms with Crippen LogP contribution < -0.4 is 5.32 Å². The molecule has 0 fully saturated rings. The van der Waals surface area contributed by atoms with Crippen LogP contribution in [0.3, 0.4) is 0 Å². The smallest absolute Gasteiger partial charge is 0.252 e. The molecular formula is C13H16Cl2INO2. The zero-order valence-corrected chi connectivity index (χ0v) is 14.4. The molecule has 3 nitrogen and oxygen atoms in total. The van der Waals surface area contributed by atoms with Crippen LogP contribution in [0.25, 0.3) is 0 Å². The lowest BCUT2D eigenvalue weighted by Crippen LogP contribution is -2.40. The van der Waals surface area contributed by atoms with Crippen LogP contribution in [-0.2, 0) is 0 Å². The van der Waals surface area contributed by atoms with Crippen molar-refractivity contribution in [3.8, 4) is 0 Å². The maximum atomic E-state index is 12.1. The second kappa shape index (κ2) is 7.11. The van der Waals surface area contributed by atoms with Crippen LogP contribution in [0.1, 0.15) is 37.0 Å². The molecule has 0 aliphatic heterocycles. The summed E-state index contributed by atoms with van der Waals surface area (Å²) in [5, 5.41) is 13.6. The van der Waals surface area contributed by atoms with E-state index < -0.39 is 5.60 Å². The van der Waals surface area contributed by atoms with Crippen molar-refractivity contribution in [2.24, 2.45) is 0 Å². The third kappa shape index (κ3) is 5.10. The Morgan fingerprint density at radius 3 is 2.68 bits per heavy atom. The number of benzene rings is 1. The van der Waals surface area contributed by atoms with Crippen molar-refractivity contribution in [2.45, 2.75) is 32.3 Å². The van der Waals surface area contributed by atoms with Gasteiger partial charge in [0.2, 0.25) is 0 Å². The largest absolute Gasteiger partial charge is 0.388 e. The van der Waals surface area contributed by atoms with Crippen LogP contribution in [0, 0.1) is 3.57 Å². The second-order valence-corrected chi connectivity index (χ2v) is 6.60. The monoisotopic (exact) mass is 415 g/mol. The molecule has 1 rings (SSSR count). The summed E-state index contributed by atoms with van der Waals surface area (Å²) in [7, 11) is 0. The van der Waals surface area contributed by atoms with Crippen molar-refractivity contribution in [3.05, 3.63) is 31.3 Å². The Bertz CT molecular complexity index is 478. The van der Waals surface area contributed by atoms with Crippen LogP contribution in [0.5, 0.6) is 0 Å². The van der Waals surface area contributed by atoms with Gasteiger partial charge in [-0.3, -0.25) is 4.79 Å². The zero-order valence-electron chi connectivity index (χ0n) is 10.8. The fourth-order valence-corrected chi connectivity index (χ4v) is 2.76. The van der Waals surface area contributed by atoms with Gasteiger partial charge in [-0.15, -0.1) is 0 Å². The Kier molecular flexibility index (Phi) is 6.36. The number of carbonyl (C=O) groups is 1. The molecule has 1 atom stereocenters. The summed E-state index contributed by atoms with van der Waals surface area (Å²) >= 11 is 13.9. The van der Waals surface area contributed by atoms with E-state index >= 15 is 0 Å². The normalized spacial score (nSPS) is 14.0. The zero-order chi connectivity index (χ0) is 14.6. The first kappa shape index (κ1) is 17.0. The van der Waals surface area contributed by atoms with Crippen molar-refractivity contribution in [1.29, 1.82) is 0 Å². The summed E-state index contributed by atoms with van der Waals surface area (Å²) in [6.07, 6.45) is 1.48. The van der Waals surface area contributed by atoms with Crippen molar-refractivity contribution in [3.63, 3.8) is 0 Å². The lowest BCUT2D eigenvalue weighted by Gasteiger charge is -2.23. The number of hydrogen-bond donors (Lipinski definition) is 2. The lowest BCUT2D eigenvalue weighted by molar-refractivity contribution is 0.0469. The molecule has 106 valence electrons. The minimum atomic E-state index is -0.905. The molecule has 0 saturated heterocycles. The van der Waals surface area contributed by atoms with E-state index in [4.69, 9.17) is 23.2 Å². The third-order valence-corrected chi connectivity index (χ3v) is 4.65. The number of amides is 1. The third-order valence-electron chi connectivity index (χ3n) is 2.66. The molecule has 0 aliphatic carbocycles. The molecule has 1 unspecified atom stereocenters. The van der Waals surface area contributed by atoms with Gasteiger partial charge in [0, 0.05) is 15.1 Å². The molecule has 1 aromatic rings. The summed E-state index contributed by atoms with van der Waals surface area (Å²) in [6, 6.07) is 3.16. The molecule has 0 radical (unpaired) electrons. The number of hydrogen-bond acceptors (Lipinski definition) is 2. The highest BCUT2D eigenvalue weighted by Crippen LogP contribution is 2.26. The Morgan fingerprint density at radius 1 is 1.47 bits per heavy atom. The first-order valence-electron chi connectivity index (χ1n) is 5.92. The number of carbonyl (C=O) groups excluding carboxylic acids is 1. The molecule has 19 heavy (non-hydrogen) atoms. The van der Waals surface area contributed by atoms with E-state index in [0.717, 1.165) is 6.42 Å². The number of nitrogens with one attached hydrogen (secondary N) is 1. The highest BCUT2D eigenvalue weighted by molar-refractivity contribution is 14.1. The van der Waals surface area contributed by atoms with Gasteiger partial charge in [-0.05, 0) is 48.1 Å². The Hall–Kier alpha value is -0.0400. The van der Waals surface area contributed by atoms with Crippen LogP contribution >= 0.6 is 45.8 Å². The summed E-state index contributed by atoms with van der Waals surface area (Å²) in [4.78, 5) is 12.1. The fraction of sp³-hybridized carbons (Fsp3) is 0.462. The Balaban J connectivity index is 2.80. The van der Waals surface area contributed by atoms with Gasteiger partial charge in [-0.25, -0.2) is 0 Å². The average molecular weight is 416 g/mol. The molecule has 0 bridgehead atoms. The van der Waals surface area contributed by atoms with Gasteiger partial charge in [0.05, 0.1) is 16.2 Å². The molecule has 0 heterocycles. The van der Waals surface area contributed by atoms with Crippen LogP contribution in [0.4, 0.5) is 0 Å². The highest BCUT2D eigenvalue weighted by atomic mass is 127. The molecule has 0 aromatic heterocycles. The quantitative estimate of drug-likeness (QED) is 0.566. The first-order chi connectivity index (χ1) is 8.76. The van der Waals surface area contributed by atoms with Gasteiger partial charge in [0.25, 0.3) is 5.91 Å². The van der Waals surface area contributed by atoms with Crippen molar-refractivity contribution in [1.82, 2.24) is 5.32 Å². The SMILES string of the molecule is CCCC(C)(O)CNC(=O)c1cc(Cl)cc(Cl)c1I. The lowest BCUT2D eigenvalue weighted by atomic mass is 10.0. The topological polar surface area (TPSA) is 49.3 Å². The molecule has 6 heteroatoms. The van der Waals surface area contributed by atoms with Gasteiger partial charge in [0.1, 0.15) is 0 Å². The Morgan fingerprint density at radius 2 is 2.11 bits per heavy atom. The second-order valence-electron chi connectivity index (χ2n) is 4.68. The minimum Gasteiger partial charge on any atom is -0.388 e. The fourth-order valence-electron chi connectivity index (χ4n) is 1.71. The molecule has 0 aliphatic rings. The van der Waals surface area contributed by atoms with E-state index in [1.54, 1.807) is 19.1 Å². The van der Waals surface area contributed by atoms with Gasteiger partial charge < -0.3 is 10.4 Å². The number of halogens is 3. The molecule has 2 N–H and O–H groups in total. The summed E-state index contributed by atoms with van der Waals surface area (Å²) in [6.45, 7) is 3.88. The summed E-state index contributed by atoms with van der Waals surface area (Å²) < 4.78 is 0.649. The van der Waals surface area contributed by atoms with E-state index in [2.05, 4.69) is 5.32 Å². The van der Waals surface area contributed by atoms with E-state index in [1.807, 2.05) is 29.5 Å². The van der Waals surface area contributed by atoms with Gasteiger partial charge in [0.15, 0.2) is 0 Å². The van der Waals surface area contributed by atoms with Crippen molar-refractivity contribution in [2.75, 3.05) is 6.54 Å². The maximum Gasteiger partial charge on any atom is 0.252 e. The first-order valence-corrected chi connectivity index (χ1v) is 7.75. The maximum absolute atomic E-state index is 12.1. The van der Waals surface area contributed by atoms with Crippen molar-refractivity contribution < 1.29 is 9.90 Å². The number of rotatable bonds is 5. The molecule has 0 saturated carbocycles. The van der Waals surface area contributed by atoms with Gasteiger partial charge >= 0.3 is 0 Å². The van der Waals surface area contributed by atoms with E-state index in [0.29, 0.717) is 25.6 Å². The van der Waals surface area contributed by atoms with E-state index in [9.17, 15) is 9.90 Å². The molecular weight excluding hydrogens is 400 g/mol. The Labute approximate surface area is 136 Å². The molecule has 0 spiro atoms. The standard InChI is InChI=1S/C13H16Cl2INO2/c1-3-4-13(2,19)7-17-12(18)9-5-8(14)6-10(15)11(9)16/h5-6,19H,3-4,7H2,1-2H3,(H,17,18). The van der Waals surface area contributed by atoms with Gasteiger partial charge in [-0.1, -0.05) is 36.5 Å². The average Bonchev–Trinajstić information content (AvgIpc) is 2.31. The molecule has 1 amide bonds. The van der Waals surface area contributed by atoms with Crippen LogP contribution in [-0.4, -0.2) is 23.2 Å². The minimum absolute atomic E-state index is 0.194. The van der Waals surface area contributed by atoms with E-state index in [1.165, 1.54) is 0 Å². The number of aliphatic hydroxyl groups is 1. The van der Waals surface area contributed by atoms with Crippen molar-refractivity contribution >= 4 is 51.7 Å². The van der Waals surface area contributed by atoms with Gasteiger partial charge in [-0.2, -0.15) is 0 Å². The molecule has 1 aromatic carbocycles. The summed E-state index contributed by atoms with van der Waals surface area (Å²) in [5.74, 6) is -0.287. The van der Waals surface area contributed by atoms with Crippen LogP contribution in [0.2, 0.25) is 10.0 Å². The predicted molar refractivity (Wildman–Crippen MR) is 87.0 cm³/mol. The summed E-state index contributed by atoms with van der Waals surface area (Å²) in [5.41, 5.74) is -0.483. The van der Waals surface area contributed by atoms with E-state index in [-0.39, 0.29) is 12.5 Å². The predicted octanol–water partition coefficient (Wildman–Crippen LogP) is 3.88. The highest BCUT2D eigenvalue weighted by Gasteiger charge is 2.21.